The van der Waals surface area contributed by atoms with Crippen molar-refractivity contribution in [2.75, 3.05) is 6.61 Å². The lowest BCUT2D eigenvalue weighted by Crippen LogP contribution is -2.28. The van der Waals surface area contributed by atoms with Crippen LogP contribution in [-0.2, 0) is 16.1 Å². The first-order valence-corrected chi connectivity index (χ1v) is 9.24. The first-order chi connectivity index (χ1) is 13.9. The van der Waals surface area contributed by atoms with Crippen LogP contribution in [0.25, 0.3) is 5.69 Å². The van der Waals surface area contributed by atoms with Gasteiger partial charge in [0, 0.05) is 6.54 Å². The Balaban J connectivity index is 1.63. The van der Waals surface area contributed by atoms with E-state index in [1.807, 2.05) is 31.2 Å². The van der Waals surface area contributed by atoms with Crippen molar-refractivity contribution in [2.24, 2.45) is 0 Å². The molecule has 2 aromatic carbocycles. The Labute approximate surface area is 172 Å². The average molecular weight is 416 g/mol. The molecule has 1 amide bonds. The van der Waals surface area contributed by atoms with Gasteiger partial charge in [-0.15, -0.1) is 0 Å². The zero-order valence-corrected chi connectivity index (χ0v) is 16.7. The zero-order valence-electron chi connectivity index (χ0n) is 15.9. The van der Waals surface area contributed by atoms with Crippen molar-refractivity contribution >= 4 is 23.5 Å². The fourth-order valence-electron chi connectivity index (χ4n) is 2.74. The minimum absolute atomic E-state index is 0.0272. The van der Waals surface area contributed by atoms with Crippen molar-refractivity contribution in [3.05, 3.63) is 81.9 Å². The van der Waals surface area contributed by atoms with E-state index < -0.39 is 24.3 Å². The van der Waals surface area contributed by atoms with Gasteiger partial charge in [0.25, 0.3) is 5.91 Å². The first kappa shape index (κ1) is 20.5. The Hall–Kier alpha value is -3.19. The van der Waals surface area contributed by atoms with Crippen LogP contribution in [0.1, 0.15) is 27.2 Å². The fourth-order valence-corrected chi connectivity index (χ4v) is 3.09. The van der Waals surface area contributed by atoms with Gasteiger partial charge in [-0.2, -0.15) is 5.10 Å². The summed E-state index contributed by atoms with van der Waals surface area (Å²) in [5, 5.41) is 6.94. The van der Waals surface area contributed by atoms with E-state index in [1.54, 1.807) is 6.92 Å². The number of ether oxygens (including phenoxy) is 1. The number of aryl methyl sites for hydroxylation is 2. The monoisotopic (exact) mass is 415 g/mol. The standard InChI is InChI=1S/C21H19ClFN3O3/c1-13-5-3-4-6-15(13)11-24-18(27)12-29-21(28)19-14(2)25-26(20(19)22)17-9-7-16(23)8-10-17/h3-10H,11-12H2,1-2H3,(H,24,27). The number of aromatic nitrogens is 2. The molecule has 0 fully saturated rings. The SMILES string of the molecule is Cc1ccccc1CNC(=O)COC(=O)c1c(C)nn(-c2ccc(F)cc2)c1Cl. The number of nitrogens with one attached hydrogen (secondary N) is 1. The maximum absolute atomic E-state index is 13.1. The van der Waals surface area contributed by atoms with Crippen LogP contribution in [-0.4, -0.2) is 28.3 Å². The van der Waals surface area contributed by atoms with Gasteiger partial charge in [-0.3, -0.25) is 4.79 Å². The number of carbonyl (C=O) groups is 2. The first-order valence-electron chi connectivity index (χ1n) is 8.86. The second kappa shape index (κ2) is 8.87. The van der Waals surface area contributed by atoms with Crippen molar-refractivity contribution in [2.45, 2.75) is 20.4 Å². The lowest BCUT2D eigenvalue weighted by molar-refractivity contribution is -0.124. The molecule has 1 heterocycles. The lowest BCUT2D eigenvalue weighted by Gasteiger charge is -2.08. The van der Waals surface area contributed by atoms with E-state index in [2.05, 4.69) is 10.4 Å². The van der Waals surface area contributed by atoms with Gasteiger partial charge in [-0.05, 0) is 49.2 Å². The summed E-state index contributed by atoms with van der Waals surface area (Å²) in [7, 11) is 0. The predicted molar refractivity (Wildman–Crippen MR) is 107 cm³/mol. The summed E-state index contributed by atoms with van der Waals surface area (Å²) < 4.78 is 19.5. The number of nitrogens with zero attached hydrogens (tertiary/aromatic N) is 2. The van der Waals surface area contributed by atoms with Crippen LogP contribution in [0.3, 0.4) is 0 Å². The number of hydrogen-bond acceptors (Lipinski definition) is 4. The number of esters is 1. The molecule has 1 N–H and O–H groups in total. The van der Waals surface area contributed by atoms with Gasteiger partial charge >= 0.3 is 5.97 Å². The van der Waals surface area contributed by atoms with E-state index in [0.717, 1.165) is 11.1 Å². The molecule has 6 nitrogen and oxygen atoms in total. The molecule has 150 valence electrons. The van der Waals surface area contributed by atoms with Gasteiger partial charge in [0.2, 0.25) is 0 Å². The highest BCUT2D eigenvalue weighted by Crippen LogP contribution is 2.24. The minimum Gasteiger partial charge on any atom is -0.452 e. The Morgan fingerprint density at radius 3 is 2.52 bits per heavy atom. The molecule has 1 aromatic heterocycles. The summed E-state index contributed by atoms with van der Waals surface area (Å²) in [6.45, 7) is 3.44. The smallest absolute Gasteiger partial charge is 0.343 e. The molecule has 29 heavy (non-hydrogen) atoms. The summed E-state index contributed by atoms with van der Waals surface area (Å²) in [5.41, 5.74) is 2.92. The maximum atomic E-state index is 13.1. The number of carbonyl (C=O) groups excluding carboxylic acids is 2. The summed E-state index contributed by atoms with van der Waals surface area (Å²) >= 11 is 6.28. The fraction of sp³-hybridized carbons (Fsp3) is 0.190. The summed E-state index contributed by atoms with van der Waals surface area (Å²) in [5.74, 6) is -1.58. The van der Waals surface area contributed by atoms with Crippen LogP contribution in [0.4, 0.5) is 4.39 Å². The molecule has 0 saturated carbocycles. The molecule has 0 aliphatic carbocycles. The average Bonchev–Trinajstić information content (AvgIpc) is 3.00. The molecule has 0 atom stereocenters. The van der Waals surface area contributed by atoms with Crippen LogP contribution >= 0.6 is 11.6 Å². The number of rotatable bonds is 6. The van der Waals surface area contributed by atoms with E-state index in [4.69, 9.17) is 16.3 Å². The number of benzene rings is 2. The zero-order chi connectivity index (χ0) is 21.0. The molecule has 0 aliphatic rings. The Morgan fingerprint density at radius 1 is 1.14 bits per heavy atom. The van der Waals surface area contributed by atoms with Crippen molar-refractivity contribution in [3.8, 4) is 5.69 Å². The van der Waals surface area contributed by atoms with Crippen molar-refractivity contribution < 1.29 is 18.7 Å². The quantitative estimate of drug-likeness (QED) is 0.622. The van der Waals surface area contributed by atoms with Crippen molar-refractivity contribution in [1.29, 1.82) is 0 Å². The Kier molecular flexibility index (Phi) is 6.29. The molecule has 3 rings (SSSR count). The van der Waals surface area contributed by atoms with E-state index in [9.17, 15) is 14.0 Å². The molecular formula is C21H19ClFN3O3. The van der Waals surface area contributed by atoms with Gasteiger partial charge in [0.05, 0.1) is 11.4 Å². The summed E-state index contributed by atoms with van der Waals surface area (Å²) in [6.07, 6.45) is 0. The second-order valence-corrected chi connectivity index (χ2v) is 6.78. The van der Waals surface area contributed by atoms with E-state index >= 15 is 0 Å². The summed E-state index contributed by atoms with van der Waals surface area (Å²) in [6, 6.07) is 13.2. The summed E-state index contributed by atoms with van der Waals surface area (Å²) in [4.78, 5) is 24.4. The second-order valence-electron chi connectivity index (χ2n) is 6.42. The lowest BCUT2D eigenvalue weighted by atomic mass is 10.1. The van der Waals surface area contributed by atoms with Gasteiger partial charge in [-0.1, -0.05) is 35.9 Å². The third-order valence-corrected chi connectivity index (χ3v) is 4.70. The third kappa shape index (κ3) is 4.81. The van der Waals surface area contributed by atoms with E-state index in [0.29, 0.717) is 17.9 Å². The number of hydrogen-bond donors (Lipinski definition) is 1. The largest absolute Gasteiger partial charge is 0.452 e. The van der Waals surface area contributed by atoms with Crippen LogP contribution < -0.4 is 5.32 Å². The van der Waals surface area contributed by atoms with Crippen LogP contribution in [0.5, 0.6) is 0 Å². The molecule has 0 bridgehead atoms. The topological polar surface area (TPSA) is 73.2 Å². The highest BCUT2D eigenvalue weighted by Gasteiger charge is 2.23. The molecule has 0 spiro atoms. The van der Waals surface area contributed by atoms with Crippen LogP contribution in [0, 0.1) is 19.7 Å². The minimum atomic E-state index is -0.757. The Morgan fingerprint density at radius 2 is 1.83 bits per heavy atom. The normalized spacial score (nSPS) is 10.6. The van der Waals surface area contributed by atoms with Crippen LogP contribution in [0.15, 0.2) is 48.5 Å². The molecule has 0 saturated heterocycles. The molecule has 0 aliphatic heterocycles. The highest BCUT2D eigenvalue weighted by atomic mass is 35.5. The van der Waals surface area contributed by atoms with Gasteiger partial charge in [0.15, 0.2) is 6.61 Å². The molecule has 3 aromatic rings. The van der Waals surface area contributed by atoms with Crippen LogP contribution in [0.2, 0.25) is 5.15 Å². The number of halogens is 2. The molecular weight excluding hydrogens is 397 g/mol. The van der Waals surface area contributed by atoms with E-state index in [-0.39, 0.29) is 10.7 Å². The third-order valence-electron chi connectivity index (χ3n) is 4.35. The predicted octanol–water partition coefficient (Wildman–Crippen LogP) is 3.75. The van der Waals surface area contributed by atoms with Crippen molar-refractivity contribution in [1.82, 2.24) is 15.1 Å². The van der Waals surface area contributed by atoms with Gasteiger partial charge in [0.1, 0.15) is 16.5 Å². The van der Waals surface area contributed by atoms with Crippen molar-refractivity contribution in [3.63, 3.8) is 0 Å². The van der Waals surface area contributed by atoms with Gasteiger partial charge in [-0.25, -0.2) is 13.9 Å². The number of amides is 1. The van der Waals surface area contributed by atoms with Gasteiger partial charge < -0.3 is 10.1 Å². The highest BCUT2D eigenvalue weighted by molar-refractivity contribution is 6.33. The Bertz CT molecular complexity index is 1050. The molecule has 8 heteroatoms. The maximum Gasteiger partial charge on any atom is 0.343 e. The molecule has 0 radical (unpaired) electrons. The molecule has 0 unspecified atom stereocenters. The van der Waals surface area contributed by atoms with E-state index in [1.165, 1.54) is 28.9 Å².